The van der Waals surface area contributed by atoms with Crippen molar-refractivity contribution in [3.05, 3.63) is 29.8 Å². The summed E-state index contributed by atoms with van der Waals surface area (Å²) in [5, 5.41) is 8.74. The number of rotatable bonds is 5. The van der Waals surface area contributed by atoms with Crippen LogP contribution in [0.1, 0.15) is 12.0 Å². The zero-order chi connectivity index (χ0) is 13.7. The molecule has 1 aliphatic heterocycles. The van der Waals surface area contributed by atoms with Crippen LogP contribution in [-0.2, 0) is 16.0 Å². The number of carboxylic acids is 1. The van der Waals surface area contributed by atoms with E-state index in [-0.39, 0.29) is 12.5 Å². The lowest BCUT2D eigenvalue weighted by molar-refractivity contribution is -0.136. The summed E-state index contributed by atoms with van der Waals surface area (Å²) in [6, 6.07) is 7.69. The van der Waals surface area contributed by atoms with Gasteiger partial charge in [0.05, 0.1) is 19.1 Å². The maximum Gasteiger partial charge on any atom is 0.307 e. The van der Waals surface area contributed by atoms with Crippen LogP contribution >= 0.6 is 11.6 Å². The van der Waals surface area contributed by atoms with E-state index in [0.717, 1.165) is 30.8 Å². The number of morpholine rings is 1. The highest BCUT2D eigenvalue weighted by Gasteiger charge is 2.20. The van der Waals surface area contributed by atoms with Crippen LogP contribution in [0.5, 0.6) is 0 Å². The molecule has 1 fully saturated rings. The third-order valence-electron chi connectivity index (χ3n) is 3.23. The van der Waals surface area contributed by atoms with Crippen molar-refractivity contribution in [1.29, 1.82) is 0 Å². The molecule has 104 valence electrons. The van der Waals surface area contributed by atoms with E-state index in [4.69, 9.17) is 21.4 Å². The number of carbonyl (C=O) groups is 1. The normalized spacial score (nSPS) is 19.4. The van der Waals surface area contributed by atoms with Crippen molar-refractivity contribution in [2.75, 3.05) is 30.5 Å². The Labute approximate surface area is 117 Å². The molecule has 0 spiro atoms. The Morgan fingerprint density at radius 2 is 2.16 bits per heavy atom. The fourth-order valence-corrected chi connectivity index (χ4v) is 2.49. The summed E-state index contributed by atoms with van der Waals surface area (Å²) in [5.74, 6) is -0.197. The number of carboxylic acid groups (broad SMARTS) is 1. The second-order valence-electron chi connectivity index (χ2n) is 4.65. The van der Waals surface area contributed by atoms with Gasteiger partial charge in [0.2, 0.25) is 0 Å². The van der Waals surface area contributed by atoms with Gasteiger partial charge in [0.15, 0.2) is 0 Å². The molecule has 0 radical (unpaired) electrons. The molecule has 1 aromatic carbocycles. The lowest BCUT2D eigenvalue weighted by atomic mass is 10.1. The van der Waals surface area contributed by atoms with Crippen molar-refractivity contribution >= 4 is 23.3 Å². The summed E-state index contributed by atoms with van der Waals surface area (Å²) >= 11 is 5.74. The van der Waals surface area contributed by atoms with Gasteiger partial charge in [-0.25, -0.2) is 0 Å². The molecular formula is C14H18ClNO3. The van der Waals surface area contributed by atoms with Gasteiger partial charge in [-0.1, -0.05) is 12.1 Å². The Hall–Kier alpha value is -1.26. The standard InChI is InChI=1S/C14H18ClNO3/c15-6-5-13-10-16(7-8-19-13)12-3-1-11(2-4-12)9-14(17)18/h1-4,13H,5-10H2,(H,17,18). The molecule has 0 aromatic heterocycles. The predicted molar refractivity (Wildman–Crippen MR) is 75.1 cm³/mol. The molecule has 1 heterocycles. The van der Waals surface area contributed by atoms with Crippen molar-refractivity contribution in [3.8, 4) is 0 Å². The Balaban J connectivity index is 1.99. The molecule has 2 rings (SSSR count). The number of hydrogen-bond acceptors (Lipinski definition) is 3. The van der Waals surface area contributed by atoms with Crippen LogP contribution in [0.15, 0.2) is 24.3 Å². The largest absolute Gasteiger partial charge is 0.481 e. The van der Waals surface area contributed by atoms with Crippen molar-refractivity contribution in [1.82, 2.24) is 0 Å². The number of benzene rings is 1. The molecule has 0 saturated carbocycles. The zero-order valence-electron chi connectivity index (χ0n) is 10.7. The van der Waals surface area contributed by atoms with E-state index < -0.39 is 5.97 Å². The first-order valence-corrected chi connectivity index (χ1v) is 6.95. The van der Waals surface area contributed by atoms with Crippen molar-refractivity contribution in [3.63, 3.8) is 0 Å². The van der Waals surface area contributed by atoms with Gasteiger partial charge in [-0.15, -0.1) is 11.6 Å². The topological polar surface area (TPSA) is 49.8 Å². The highest BCUT2D eigenvalue weighted by molar-refractivity contribution is 6.17. The van der Waals surface area contributed by atoms with Crippen LogP contribution in [0.3, 0.4) is 0 Å². The molecule has 0 bridgehead atoms. The summed E-state index contributed by atoms with van der Waals surface area (Å²) < 4.78 is 5.64. The molecule has 1 atom stereocenters. The minimum Gasteiger partial charge on any atom is -0.481 e. The van der Waals surface area contributed by atoms with E-state index in [1.165, 1.54) is 0 Å². The van der Waals surface area contributed by atoms with Crippen LogP contribution in [0.25, 0.3) is 0 Å². The molecule has 1 saturated heterocycles. The number of alkyl halides is 1. The highest BCUT2D eigenvalue weighted by Crippen LogP contribution is 2.20. The van der Waals surface area contributed by atoms with Crippen molar-refractivity contribution in [2.24, 2.45) is 0 Å². The molecule has 1 aliphatic rings. The lowest BCUT2D eigenvalue weighted by Crippen LogP contribution is -2.42. The van der Waals surface area contributed by atoms with Gasteiger partial charge in [0.25, 0.3) is 0 Å². The number of nitrogens with zero attached hydrogens (tertiary/aromatic N) is 1. The average molecular weight is 284 g/mol. The Morgan fingerprint density at radius 3 is 2.79 bits per heavy atom. The summed E-state index contributed by atoms with van der Waals surface area (Å²) in [7, 11) is 0. The quantitative estimate of drug-likeness (QED) is 0.841. The Kier molecular flexibility index (Phi) is 5.05. The molecule has 1 unspecified atom stereocenters. The first kappa shape index (κ1) is 14.2. The monoisotopic (exact) mass is 283 g/mol. The molecule has 4 nitrogen and oxygen atoms in total. The molecular weight excluding hydrogens is 266 g/mol. The smallest absolute Gasteiger partial charge is 0.307 e. The van der Waals surface area contributed by atoms with Crippen LogP contribution in [0.4, 0.5) is 5.69 Å². The van der Waals surface area contributed by atoms with Crippen LogP contribution in [0, 0.1) is 0 Å². The number of hydrogen-bond donors (Lipinski definition) is 1. The third-order valence-corrected chi connectivity index (χ3v) is 3.44. The second kappa shape index (κ2) is 6.78. The van der Waals surface area contributed by atoms with Crippen LogP contribution in [0.2, 0.25) is 0 Å². The van der Waals surface area contributed by atoms with Gasteiger partial charge in [-0.05, 0) is 24.1 Å². The first-order chi connectivity index (χ1) is 9.19. The number of aliphatic carboxylic acids is 1. The SMILES string of the molecule is O=C(O)Cc1ccc(N2CCOC(CCCl)C2)cc1. The first-order valence-electron chi connectivity index (χ1n) is 6.42. The molecule has 19 heavy (non-hydrogen) atoms. The minimum atomic E-state index is -0.804. The van der Waals surface area contributed by atoms with Gasteiger partial charge in [0.1, 0.15) is 0 Å². The molecule has 0 aliphatic carbocycles. The Bertz CT molecular complexity index is 419. The third kappa shape index (κ3) is 4.11. The summed E-state index contributed by atoms with van der Waals surface area (Å²) in [6.07, 6.45) is 1.11. The fraction of sp³-hybridized carbons (Fsp3) is 0.500. The second-order valence-corrected chi connectivity index (χ2v) is 5.03. The molecule has 1 N–H and O–H groups in total. The van der Waals surface area contributed by atoms with Gasteiger partial charge < -0.3 is 14.7 Å². The molecule has 5 heteroatoms. The Morgan fingerprint density at radius 1 is 1.42 bits per heavy atom. The minimum absolute atomic E-state index is 0.0677. The van der Waals surface area contributed by atoms with Gasteiger partial charge in [-0.2, -0.15) is 0 Å². The fourth-order valence-electron chi connectivity index (χ4n) is 2.25. The van der Waals surface area contributed by atoms with Crippen LogP contribution < -0.4 is 4.90 Å². The number of ether oxygens (including phenoxy) is 1. The maximum absolute atomic E-state index is 10.6. The van der Waals surface area contributed by atoms with Crippen molar-refractivity contribution in [2.45, 2.75) is 18.9 Å². The number of anilines is 1. The summed E-state index contributed by atoms with van der Waals surface area (Å²) in [6.45, 7) is 2.40. The van der Waals surface area contributed by atoms with E-state index in [1.807, 2.05) is 24.3 Å². The van der Waals surface area contributed by atoms with Crippen molar-refractivity contribution < 1.29 is 14.6 Å². The van der Waals surface area contributed by atoms with Crippen LogP contribution in [-0.4, -0.2) is 42.8 Å². The molecule has 1 aromatic rings. The van der Waals surface area contributed by atoms with Gasteiger partial charge in [-0.3, -0.25) is 4.79 Å². The average Bonchev–Trinajstić information content (AvgIpc) is 2.40. The van der Waals surface area contributed by atoms with E-state index in [2.05, 4.69) is 4.90 Å². The maximum atomic E-state index is 10.6. The summed E-state index contributed by atoms with van der Waals surface area (Å²) in [4.78, 5) is 12.9. The van der Waals surface area contributed by atoms with E-state index in [1.54, 1.807) is 0 Å². The lowest BCUT2D eigenvalue weighted by Gasteiger charge is -2.34. The van der Waals surface area contributed by atoms with E-state index in [0.29, 0.717) is 12.5 Å². The van der Waals surface area contributed by atoms with Gasteiger partial charge >= 0.3 is 5.97 Å². The number of halogens is 1. The molecule has 0 amide bonds. The van der Waals surface area contributed by atoms with E-state index >= 15 is 0 Å². The summed E-state index contributed by atoms with van der Waals surface area (Å²) in [5.41, 5.74) is 1.93. The van der Waals surface area contributed by atoms with E-state index in [9.17, 15) is 4.79 Å². The predicted octanol–water partition coefficient (Wildman–Crippen LogP) is 2.15. The van der Waals surface area contributed by atoms with Gasteiger partial charge in [0, 0.05) is 24.7 Å². The highest BCUT2D eigenvalue weighted by atomic mass is 35.5. The zero-order valence-corrected chi connectivity index (χ0v) is 11.5.